The Morgan fingerprint density at radius 1 is 1.53 bits per heavy atom. The van der Waals surface area contributed by atoms with Gasteiger partial charge in [-0.25, -0.2) is 0 Å². The predicted octanol–water partition coefficient (Wildman–Crippen LogP) is 2.18. The van der Waals surface area contributed by atoms with Crippen LogP contribution in [0.4, 0.5) is 0 Å². The van der Waals surface area contributed by atoms with E-state index >= 15 is 0 Å². The zero-order chi connectivity index (χ0) is 10.7. The summed E-state index contributed by atoms with van der Waals surface area (Å²) in [4.78, 5) is 3.97. The molecular formula is C12H20N2S. The van der Waals surface area contributed by atoms with Crippen molar-refractivity contribution in [3.8, 4) is 0 Å². The van der Waals surface area contributed by atoms with Crippen LogP contribution in [-0.4, -0.2) is 30.6 Å². The molecule has 3 heteroatoms. The van der Waals surface area contributed by atoms with Crippen molar-refractivity contribution >= 4 is 11.3 Å². The molecule has 0 bridgehead atoms. The van der Waals surface area contributed by atoms with Gasteiger partial charge < -0.3 is 10.2 Å². The fourth-order valence-electron chi connectivity index (χ4n) is 1.97. The molecule has 0 amide bonds. The second-order valence-electron chi connectivity index (χ2n) is 4.62. The van der Waals surface area contributed by atoms with E-state index in [0.29, 0.717) is 0 Å². The van der Waals surface area contributed by atoms with Crippen LogP contribution in [0.5, 0.6) is 0 Å². The molecule has 0 saturated carbocycles. The fraction of sp³-hybridized carbons (Fsp3) is 0.667. The molecule has 1 aliphatic rings. The number of hydrogen-bond acceptors (Lipinski definition) is 3. The lowest BCUT2D eigenvalue weighted by atomic mass is 9.98. The summed E-state index contributed by atoms with van der Waals surface area (Å²) < 4.78 is 0. The summed E-state index contributed by atoms with van der Waals surface area (Å²) in [5, 5.41) is 5.67. The second kappa shape index (κ2) is 5.10. The van der Waals surface area contributed by atoms with E-state index in [9.17, 15) is 0 Å². The summed E-state index contributed by atoms with van der Waals surface area (Å²) in [6, 6.07) is 5.03. The zero-order valence-corrected chi connectivity index (χ0v) is 10.4. The standard InChI is InChI=1S/C12H20N2S/c1-10(2)14-8-11(9-14)6-13-7-12-4-3-5-15-12/h3-5,10-11,13H,6-9H2,1-2H3. The van der Waals surface area contributed by atoms with E-state index in [1.807, 2.05) is 11.3 Å². The molecule has 0 radical (unpaired) electrons. The van der Waals surface area contributed by atoms with E-state index in [4.69, 9.17) is 0 Å². The lowest BCUT2D eigenvalue weighted by molar-refractivity contribution is 0.0675. The Bertz CT molecular complexity index is 276. The van der Waals surface area contributed by atoms with Gasteiger partial charge in [0.25, 0.3) is 0 Å². The molecule has 1 fully saturated rings. The Balaban J connectivity index is 1.57. The fourth-order valence-corrected chi connectivity index (χ4v) is 2.65. The number of thiophene rings is 1. The van der Waals surface area contributed by atoms with Crippen molar-refractivity contribution in [2.24, 2.45) is 5.92 Å². The van der Waals surface area contributed by atoms with Crippen LogP contribution in [0.2, 0.25) is 0 Å². The Kier molecular flexibility index (Phi) is 3.78. The number of nitrogens with zero attached hydrogens (tertiary/aromatic N) is 1. The summed E-state index contributed by atoms with van der Waals surface area (Å²) in [5.74, 6) is 0.868. The minimum absolute atomic E-state index is 0.721. The molecule has 2 heterocycles. The van der Waals surface area contributed by atoms with Gasteiger partial charge in [-0.15, -0.1) is 11.3 Å². The number of rotatable bonds is 5. The molecule has 2 rings (SSSR count). The van der Waals surface area contributed by atoms with Crippen molar-refractivity contribution < 1.29 is 0 Å². The summed E-state index contributed by atoms with van der Waals surface area (Å²) in [5.41, 5.74) is 0. The van der Waals surface area contributed by atoms with Crippen LogP contribution >= 0.6 is 11.3 Å². The molecular weight excluding hydrogens is 204 g/mol. The smallest absolute Gasteiger partial charge is 0.0299 e. The third-order valence-electron chi connectivity index (χ3n) is 3.03. The lowest BCUT2D eigenvalue weighted by Crippen LogP contribution is -2.53. The van der Waals surface area contributed by atoms with Crippen LogP contribution in [0, 0.1) is 5.92 Å². The number of nitrogens with one attached hydrogen (secondary N) is 1. The normalized spacial score (nSPS) is 18.3. The molecule has 1 N–H and O–H groups in total. The largest absolute Gasteiger partial charge is 0.311 e. The summed E-state index contributed by atoms with van der Waals surface area (Å²) in [6.45, 7) is 9.30. The minimum atomic E-state index is 0.721. The lowest BCUT2D eigenvalue weighted by Gasteiger charge is -2.42. The summed E-state index contributed by atoms with van der Waals surface area (Å²) in [7, 11) is 0. The Morgan fingerprint density at radius 3 is 2.93 bits per heavy atom. The monoisotopic (exact) mass is 224 g/mol. The van der Waals surface area contributed by atoms with Gasteiger partial charge in [-0.3, -0.25) is 0 Å². The van der Waals surface area contributed by atoms with Crippen LogP contribution in [0.1, 0.15) is 18.7 Å². The summed E-state index contributed by atoms with van der Waals surface area (Å²) in [6.07, 6.45) is 0. The first-order chi connectivity index (χ1) is 7.25. The first kappa shape index (κ1) is 11.1. The Labute approximate surface area is 96.3 Å². The van der Waals surface area contributed by atoms with Crippen LogP contribution in [0.15, 0.2) is 17.5 Å². The maximum atomic E-state index is 3.53. The van der Waals surface area contributed by atoms with Crippen molar-refractivity contribution in [2.75, 3.05) is 19.6 Å². The van der Waals surface area contributed by atoms with E-state index in [-0.39, 0.29) is 0 Å². The van der Waals surface area contributed by atoms with E-state index in [1.54, 1.807) is 0 Å². The van der Waals surface area contributed by atoms with E-state index in [2.05, 4.69) is 41.6 Å². The van der Waals surface area contributed by atoms with Crippen molar-refractivity contribution in [2.45, 2.75) is 26.4 Å². The van der Waals surface area contributed by atoms with Crippen LogP contribution < -0.4 is 5.32 Å². The van der Waals surface area contributed by atoms with Gasteiger partial charge in [0.15, 0.2) is 0 Å². The van der Waals surface area contributed by atoms with E-state index in [0.717, 1.165) is 18.5 Å². The molecule has 0 aliphatic carbocycles. The highest BCUT2D eigenvalue weighted by molar-refractivity contribution is 7.09. The molecule has 2 nitrogen and oxygen atoms in total. The summed E-state index contributed by atoms with van der Waals surface area (Å²) >= 11 is 1.83. The average Bonchev–Trinajstić information content (AvgIpc) is 2.60. The molecule has 1 saturated heterocycles. The third kappa shape index (κ3) is 3.03. The van der Waals surface area contributed by atoms with Crippen molar-refractivity contribution in [1.82, 2.24) is 10.2 Å². The number of likely N-dealkylation sites (tertiary alicyclic amines) is 1. The van der Waals surface area contributed by atoms with E-state index in [1.165, 1.54) is 24.5 Å². The molecule has 0 aromatic carbocycles. The molecule has 84 valence electrons. The molecule has 1 aliphatic heterocycles. The van der Waals surface area contributed by atoms with Crippen LogP contribution in [-0.2, 0) is 6.54 Å². The van der Waals surface area contributed by atoms with Gasteiger partial charge in [-0.2, -0.15) is 0 Å². The average molecular weight is 224 g/mol. The van der Waals surface area contributed by atoms with Gasteiger partial charge in [0.2, 0.25) is 0 Å². The highest BCUT2D eigenvalue weighted by Gasteiger charge is 2.27. The first-order valence-corrected chi connectivity index (χ1v) is 6.61. The molecule has 1 aromatic heterocycles. The maximum absolute atomic E-state index is 3.53. The Morgan fingerprint density at radius 2 is 2.33 bits per heavy atom. The minimum Gasteiger partial charge on any atom is -0.311 e. The topological polar surface area (TPSA) is 15.3 Å². The van der Waals surface area contributed by atoms with Crippen LogP contribution in [0.25, 0.3) is 0 Å². The second-order valence-corrected chi connectivity index (χ2v) is 5.66. The van der Waals surface area contributed by atoms with Gasteiger partial charge in [0, 0.05) is 37.1 Å². The molecule has 15 heavy (non-hydrogen) atoms. The quantitative estimate of drug-likeness (QED) is 0.824. The highest BCUT2D eigenvalue weighted by Crippen LogP contribution is 2.17. The molecule has 0 unspecified atom stereocenters. The molecule has 1 aromatic rings. The van der Waals surface area contributed by atoms with E-state index < -0.39 is 0 Å². The third-order valence-corrected chi connectivity index (χ3v) is 3.90. The van der Waals surface area contributed by atoms with Gasteiger partial charge in [0.05, 0.1) is 0 Å². The maximum Gasteiger partial charge on any atom is 0.0299 e. The SMILES string of the molecule is CC(C)N1CC(CNCc2cccs2)C1. The molecule has 0 atom stereocenters. The highest BCUT2D eigenvalue weighted by atomic mass is 32.1. The molecule has 0 spiro atoms. The number of hydrogen-bond donors (Lipinski definition) is 1. The van der Waals surface area contributed by atoms with Crippen LogP contribution in [0.3, 0.4) is 0 Å². The van der Waals surface area contributed by atoms with Gasteiger partial charge in [-0.1, -0.05) is 6.07 Å². The van der Waals surface area contributed by atoms with Gasteiger partial charge in [0.1, 0.15) is 0 Å². The predicted molar refractivity (Wildman–Crippen MR) is 66.2 cm³/mol. The van der Waals surface area contributed by atoms with Crippen molar-refractivity contribution in [3.05, 3.63) is 22.4 Å². The Hall–Kier alpha value is -0.380. The zero-order valence-electron chi connectivity index (χ0n) is 9.57. The van der Waals surface area contributed by atoms with Crippen molar-refractivity contribution in [3.63, 3.8) is 0 Å². The van der Waals surface area contributed by atoms with Gasteiger partial charge in [-0.05, 0) is 31.2 Å². The van der Waals surface area contributed by atoms with Crippen molar-refractivity contribution in [1.29, 1.82) is 0 Å². The van der Waals surface area contributed by atoms with Gasteiger partial charge >= 0.3 is 0 Å². The first-order valence-electron chi connectivity index (χ1n) is 5.73.